The normalized spacial score (nSPS) is 15.0. The van der Waals surface area contributed by atoms with Crippen LogP contribution in [0.3, 0.4) is 0 Å². The van der Waals surface area contributed by atoms with Crippen molar-refractivity contribution in [2.24, 2.45) is 7.05 Å². The molecule has 1 fully saturated rings. The first-order chi connectivity index (χ1) is 13.7. The second-order valence-corrected chi connectivity index (χ2v) is 7.14. The fourth-order valence-corrected chi connectivity index (χ4v) is 3.83. The first-order valence-corrected chi connectivity index (χ1v) is 9.89. The van der Waals surface area contributed by atoms with E-state index in [1.807, 2.05) is 78.0 Å². The summed E-state index contributed by atoms with van der Waals surface area (Å²) in [5.74, 6) is 1.65. The number of ether oxygens (including phenoxy) is 2. The first kappa shape index (κ1) is 18.4. The van der Waals surface area contributed by atoms with Crippen molar-refractivity contribution in [2.75, 3.05) is 19.7 Å². The molecule has 1 aliphatic rings. The quantitative estimate of drug-likeness (QED) is 0.666. The lowest BCUT2D eigenvalue weighted by atomic mass is 10.1. The highest BCUT2D eigenvalue weighted by Gasteiger charge is 2.27. The van der Waals surface area contributed by atoms with Crippen LogP contribution in [0.25, 0.3) is 10.9 Å². The van der Waals surface area contributed by atoms with Gasteiger partial charge in [-0.25, -0.2) is 0 Å². The topological polar surface area (TPSA) is 43.7 Å². The minimum Gasteiger partial charge on any atom is -0.490 e. The number of hydrogen-bond acceptors (Lipinski definition) is 3. The summed E-state index contributed by atoms with van der Waals surface area (Å²) in [6.07, 6.45) is 1.73. The Morgan fingerprint density at radius 1 is 1.04 bits per heavy atom. The van der Waals surface area contributed by atoms with Crippen LogP contribution in [0.4, 0.5) is 0 Å². The van der Waals surface area contributed by atoms with E-state index in [0.29, 0.717) is 19.7 Å². The maximum atomic E-state index is 13.0. The molecule has 0 radical (unpaired) electrons. The summed E-state index contributed by atoms with van der Waals surface area (Å²) in [6, 6.07) is 17.8. The van der Waals surface area contributed by atoms with Gasteiger partial charge in [0.25, 0.3) is 5.91 Å². The number of carbonyl (C=O) groups is 1. The molecule has 5 heteroatoms. The van der Waals surface area contributed by atoms with Crippen LogP contribution in [0.15, 0.2) is 54.6 Å². The average Bonchev–Trinajstić information content (AvgIpc) is 3.07. The molecule has 4 rings (SSSR count). The van der Waals surface area contributed by atoms with Gasteiger partial charge in [-0.1, -0.05) is 30.3 Å². The number of benzene rings is 2. The maximum absolute atomic E-state index is 13.0. The van der Waals surface area contributed by atoms with E-state index in [1.54, 1.807) is 0 Å². The molecule has 2 heterocycles. The van der Waals surface area contributed by atoms with Crippen LogP contribution in [0.5, 0.6) is 11.5 Å². The molecule has 0 aliphatic carbocycles. The zero-order chi connectivity index (χ0) is 19.5. The van der Waals surface area contributed by atoms with Crippen molar-refractivity contribution in [1.82, 2.24) is 9.47 Å². The maximum Gasteiger partial charge on any atom is 0.270 e. The highest BCUT2D eigenvalue weighted by atomic mass is 16.5. The predicted octanol–water partition coefficient (Wildman–Crippen LogP) is 4.26. The van der Waals surface area contributed by atoms with Crippen molar-refractivity contribution >= 4 is 16.8 Å². The first-order valence-electron chi connectivity index (χ1n) is 9.89. The Hall–Kier alpha value is -2.95. The second kappa shape index (κ2) is 7.97. The fraction of sp³-hybridized carbons (Fsp3) is 0.348. The average molecular weight is 378 g/mol. The van der Waals surface area contributed by atoms with Gasteiger partial charge in [0.15, 0.2) is 11.5 Å². The molecule has 1 aliphatic heterocycles. The van der Waals surface area contributed by atoms with E-state index in [9.17, 15) is 4.79 Å². The SMILES string of the molecule is CCOc1ccccc1OC1CCN(C(=O)c2cc3ccccc3n2C)CC1. The van der Waals surface area contributed by atoms with Crippen molar-refractivity contribution < 1.29 is 14.3 Å². The van der Waals surface area contributed by atoms with Crippen molar-refractivity contribution in [3.05, 3.63) is 60.3 Å². The third kappa shape index (κ3) is 3.57. The summed E-state index contributed by atoms with van der Waals surface area (Å²) in [5.41, 5.74) is 1.82. The van der Waals surface area contributed by atoms with Gasteiger partial charge < -0.3 is 18.9 Å². The summed E-state index contributed by atoms with van der Waals surface area (Å²) in [5, 5.41) is 1.10. The molecule has 0 unspecified atom stereocenters. The molecule has 0 saturated carbocycles. The molecular formula is C23H26N2O3. The van der Waals surface area contributed by atoms with Gasteiger partial charge in [0.2, 0.25) is 0 Å². The van der Waals surface area contributed by atoms with Crippen LogP contribution in [-0.2, 0) is 7.05 Å². The molecule has 146 valence electrons. The summed E-state index contributed by atoms with van der Waals surface area (Å²) >= 11 is 0. The third-order valence-electron chi connectivity index (χ3n) is 5.34. The molecule has 0 N–H and O–H groups in total. The van der Waals surface area contributed by atoms with E-state index in [1.165, 1.54) is 0 Å². The Kier molecular flexibility index (Phi) is 5.24. The van der Waals surface area contributed by atoms with Crippen molar-refractivity contribution in [3.8, 4) is 11.5 Å². The van der Waals surface area contributed by atoms with Gasteiger partial charge in [-0.15, -0.1) is 0 Å². The zero-order valence-corrected chi connectivity index (χ0v) is 16.4. The summed E-state index contributed by atoms with van der Waals surface area (Å²) in [7, 11) is 1.95. The minimum absolute atomic E-state index is 0.0897. The zero-order valence-electron chi connectivity index (χ0n) is 16.4. The Balaban J connectivity index is 1.41. The molecule has 5 nitrogen and oxygen atoms in total. The lowest BCUT2D eigenvalue weighted by molar-refractivity contribution is 0.0581. The Labute approximate surface area is 165 Å². The van der Waals surface area contributed by atoms with Gasteiger partial charge in [0.05, 0.1) is 6.61 Å². The summed E-state index contributed by atoms with van der Waals surface area (Å²) in [4.78, 5) is 15.0. The number of aryl methyl sites for hydroxylation is 1. The lowest BCUT2D eigenvalue weighted by Crippen LogP contribution is -2.42. The lowest BCUT2D eigenvalue weighted by Gasteiger charge is -2.32. The largest absolute Gasteiger partial charge is 0.490 e. The van der Waals surface area contributed by atoms with E-state index in [0.717, 1.165) is 40.9 Å². The highest BCUT2D eigenvalue weighted by molar-refractivity contribution is 5.98. The van der Waals surface area contributed by atoms with Gasteiger partial charge in [0.1, 0.15) is 11.8 Å². The van der Waals surface area contributed by atoms with Crippen molar-refractivity contribution in [3.63, 3.8) is 0 Å². The van der Waals surface area contributed by atoms with Crippen molar-refractivity contribution in [1.29, 1.82) is 0 Å². The van der Waals surface area contributed by atoms with Crippen LogP contribution in [0.1, 0.15) is 30.3 Å². The van der Waals surface area contributed by atoms with E-state index >= 15 is 0 Å². The smallest absolute Gasteiger partial charge is 0.270 e. The van der Waals surface area contributed by atoms with Crippen LogP contribution in [0.2, 0.25) is 0 Å². The van der Waals surface area contributed by atoms with Crippen molar-refractivity contribution in [2.45, 2.75) is 25.9 Å². The molecule has 0 atom stereocenters. The molecule has 28 heavy (non-hydrogen) atoms. The Morgan fingerprint density at radius 3 is 2.43 bits per heavy atom. The minimum atomic E-state index is 0.0897. The number of hydrogen-bond donors (Lipinski definition) is 0. The third-order valence-corrected chi connectivity index (χ3v) is 5.34. The molecule has 3 aromatic rings. The van der Waals surface area contributed by atoms with Crippen LogP contribution < -0.4 is 9.47 Å². The number of fused-ring (bicyclic) bond motifs is 1. The summed E-state index contributed by atoms with van der Waals surface area (Å²) < 4.78 is 13.8. The van der Waals surface area contributed by atoms with Gasteiger partial charge in [0, 0.05) is 43.9 Å². The molecule has 0 spiro atoms. The number of para-hydroxylation sites is 3. The predicted molar refractivity (Wildman–Crippen MR) is 110 cm³/mol. The van der Waals surface area contributed by atoms with E-state index in [2.05, 4.69) is 0 Å². The number of aromatic nitrogens is 1. The van der Waals surface area contributed by atoms with E-state index in [-0.39, 0.29) is 12.0 Å². The second-order valence-electron chi connectivity index (χ2n) is 7.14. The molecular weight excluding hydrogens is 352 g/mol. The van der Waals surface area contributed by atoms with Gasteiger partial charge in [-0.3, -0.25) is 4.79 Å². The molecule has 2 aromatic carbocycles. The molecule has 0 bridgehead atoms. The fourth-order valence-electron chi connectivity index (χ4n) is 3.83. The van der Waals surface area contributed by atoms with Crippen LogP contribution in [0, 0.1) is 0 Å². The Morgan fingerprint density at radius 2 is 1.71 bits per heavy atom. The summed E-state index contributed by atoms with van der Waals surface area (Å²) in [6.45, 7) is 3.97. The monoisotopic (exact) mass is 378 g/mol. The number of likely N-dealkylation sites (tertiary alicyclic amines) is 1. The van der Waals surface area contributed by atoms with E-state index < -0.39 is 0 Å². The highest BCUT2D eigenvalue weighted by Crippen LogP contribution is 2.30. The Bertz CT molecular complexity index is 971. The number of carbonyl (C=O) groups excluding carboxylic acids is 1. The van der Waals surface area contributed by atoms with Crippen LogP contribution in [-0.4, -0.2) is 41.2 Å². The number of rotatable bonds is 5. The standard InChI is InChI=1S/C23H26N2O3/c1-3-27-21-10-6-7-11-22(21)28-18-12-14-25(15-13-18)23(26)20-16-17-8-4-5-9-19(17)24(20)2/h4-11,16,18H,3,12-15H2,1-2H3. The van der Waals surface area contributed by atoms with E-state index in [4.69, 9.17) is 9.47 Å². The van der Waals surface area contributed by atoms with Gasteiger partial charge in [-0.05, 0) is 31.2 Å². The molecule has 1 saturated heterocycles. The molecule has 1 amide bonds. The molecule has 1 aromatic heterocycles. The number of amides is 1. The van der Waals surface area contributed by atoms with Gasteiger partial charge in [-0.2, -0.15) is 0 Å². The number of nitrogens with zero attached hydrogens (tertiary/aromatic N) is 2. The van der Waals surface area contributed by atoms with Gasteiger partial charge >= 0.3 is 0 Å². The number of piperidine rings is 1. The van der Waals surface area contributed by atoms with Crippen LogP contribution >= 0.6 is 0 Å².